The van der Waals surface area contributed by atoms with Crippen LogP contribution in [0, 0.1) is 0 Å². The first-order valence-electron chi connectivity index (χ1n) is 11.8. The van der Waals surface area contributed by atoms with E-state index < -0.39 is 8.07 Å². The summed E-state index contributed by atoms with van der Waals surface area (Å²) < 4.78 is 2.69. The van der Waals surface area contributed by atoms with Gasteiger partial charge >= 0.3 is 0 Å². The van der Waals surface area contributed by atoms with Crippen molar-refractivity contribution in [2.45, 2.75) is 52.2 Å². The Hall–Kier alpha value is -2.49. The zero-order valence-electron chi connectivity index (χ0n) is 19.7. The van der Waals surface area contributed by atoms with Crippen LogP contribution in [0.4, 0.5) is 0 Å². The molecule has 0 radical (unpaired) electrons. The van der Waals surface area contributed by atoms with Gasteiger partial charge in [-0.3, -0.25) is 4.98 Å². The molecule has 3 heteroatoms. The van der Waals surface area contributed by atoms with E-state index in [1.54, 1.807) is 0 Å². The summed E-state index contributed by atoms with van der Waals surface area (Å²) in [6.07, 6.45) is 4.30. The molecule has 0 amide bonds. The number of hydrogen-bond acceptors (Lipinski definition) is 2. The van der Waals surface area contributed by atoms with E-state index in [9.17, 15) is 0 Å². The predicted molar refractivity (Wildman–Crippen MR) is 146 cm³/mol. The lowest BCUT2D eigenvalue weighted by molar-refractivity contribution is 0.647. The summed E-state index contributed by atoms with van der Waals surface area (Å²) in [5.74, 6) is 0.570. The van der Waals surface area contributed by atoms with Crippen molar-refractivity contribution in [2.24, 2.45) is 0 Å². The van der Waals surface area contributed by atoms with E-state index in [0.29, 0.717) is 5.92 Å². The van der Waals surface area contributed by atoms with Crippen molar-refractivity contribution >= 4 is 55.5 Å². The number of hydrogen-bond donors (Lipinski definition) is 0. The Balaban J connectivity index is 1.77. The predicted octanol–water partition coefficient (Wildman–Crippen LogP) is 8.72. The second-order valence-electron chi connectivity index (χ2n) is 9.90. The van der Waals surface area contributed by atoms with Gasteiger partial charge in [0.2, 0.25) is 0 Å². The van der Waals surface area contributed by atoms with E-state index in [1.165, 1.54) is 47.3 Å². The Morgan fingerprint density at radius 1 is 0.844 bits per heavy atom. The molecule has 0 aliphatic carbocycles. The Morgan fingerprint density at radius 3 is 2.38 bits per heavy atom. The third-order valence-corrected chi connectivity index (χ3v) is 10.1. The average Bonchev–Trinajstić information content (AvgIpc) is 3.17. The van der Waals surface area contributed by atoms with Crippen molar-refractivity contribution in [1.29, 1.82) is 0 Å². The molecule has 0 aliphatic heterocycles. The van der Waals surface area contributed by atoms with Crippen LogP contribution in [-0.4, -0.2) is 13.1 Å². The molecule has 0 N–H and O–H groups in total. The monoisotopic (exact) mass is 453 g/mol. The maximum absolute atomic E-state index is 4.92. The Kier molecular flexibility index (Phi) is 5.43. The largest absolute Gasteiger partial charge is 0.255 e. The van der Waals surface area contributed by atoms with Crippen molar-refractivity contribution in [3.05, 3.63) is 72.4 Å². The van der Waals surface area contributed by atoms with Crippen molar-refractivity contribution in [3.8, 4) is 11.3 Å². The fraction of sp³-hybridized carbons (Fsp3) is 0.276. The van der Waals surface area contributed by atoms with Gasteiger partial charge in [0.1, 0.15) is 0 Å². The summed E-state index contributed by atoms with van der Waals surface area (Å²) in [5, 5.41) is 6.90. The number of nitrogens with zero attached hydrogens (tertiary/aromatic N) is 1. The lowest BCUT2D eigenvalue weighted by Gasteiger charge is -2.18. The summed E-state index contributed by atoms with van der Waals surface area (Å²) in [6, 6.07) is 22.9. The minimum absolute atomic E-state index is 0.570. The van der Waals surface area contributed by atoms with Crippen molar-refractivity contribution in [3.63, 3.8) is 0 Å². The standard InChI is InChI=1S/C29H31NSSi/c1-6-19(7-2)26-17-21(16-20-10-8-9-11-23(20)26)28-29-25(14-15-30-28)24-13-12-22(32(3,4)5)18-27(24)31-29/h8-19H,6-7H2,1-5H3. The second kappa shape index (κ2) is 8.13. The molecule has 5 rings (SSSR count). The van der Waals surface area contributed by atoms with Crippen molar-refractivity contribution in [2.75, 3.05) is 0 Å². The number of thiophene rings is 1. The summed E-state index contributed by atoms with van der Waals surface area (Å²) in [4.78, 5) is 4.92. The van der Waals surface area contributed by atoms with Crippen LogP contribution in [0.25, 0.3) is 42.2 Å². The van der Waals surface area contributed by atoms with Crippen LogP contribution in [0.3, 0.4) is 0 Å². The minimum Gasteiger partial charge on any atom is -0.255 e. The molecule has 0 bridgehead atoms. The molecular weight excluding hydrogens is 422 g/mol. The highest BCUT2D eigenvalue weighted by molar-refractivity contribution is 7.26. The quantitative estimate of drug-likeness (QED) is 0.242. The van der Waals surface area contributed by atoms with E-state index in [4.69, 9.17) is 4.98 Å². The van der Waals surface area contributed by atoms with Gasteiger partial charge in [0.05, 0.1) is 18.5 Å². The average molecular weight is 454 g/mol. The molecule has 2 aromatic heterocycles. The third-order valence-electron chi connectivity index (χ3n) is 6.85. The number of benzene rings is 3. The maximum atomic E-state index is 4.92. The molecule has 1 nitrogen and oxygen atoms in total. The molecule has 0 fully saturated rings. The van der Waals surface area contributed by atoms with Gasteiger partial charge in [0, 0.05) is 27.2 Å². The summed E-state index contributed by atoms with van der Waals surface area (Å²) >= 11 is 1.90. The number of pyridine rings is 1. The van der Waals surface area contributed by atoms with Crippen LogP contribution in [0.1, 0.15) is 38.2 Å². The van der Waals surface area contributed by atoms with Gasteiger partial charge in [-0.2, -0.15) is 0 Å². The molecular formula is C29H31NSSi. The zero-order valence-corrected chi connectivity index (χ0v) is 21.5. The van der Waals surface area contributed by atoms with E-state index >= 15 is 0 Å². The van der Waals surface area contributed by atoms with Crippen LogP contribution >= 0.6 is 11.3 Å². The number of fused-ring (bicyclic) bond motifs is 4. The SMILES string of the molecule is CCC(CC)c1cc(-c2nccc3c2sc2cc([Si](C)(C)C)ccc23)cc2ccccc12. The Labute approximate surface area is 196 Å². The topological polar surface area (TPSA) is 12.9 Å². The van der Waals surface area contributed by atoms with Crippen LogP contribution < -0.4 is 5.19 Å². The molecule has 2 heterocycles. The molecule has 0 spiro atoms. The van der Waals surface area contributed by atoms with Gasteiger partial charge in [-0.25, -0.2) is 0 Å². The minimum atomic E-state index is -1.35. The summed E-state index contributed by atoms with van der Waals surface area (Å²) in [5.41, 5.74) is 3.83. The second-order valence-corrected chi connectivity index (χ2v) is 16.0. The highest BCUT2D eigenvalue weighted by atomic mass is 32.1. The van der Waals surface area contributed by atoms with Gasteiger partial charge in [-0.05, 0) is 59.4 Å². The molecule has 162 valence electrons. The first-order chi connectivity index (χ1) is 15.4. The first-order valence-corrected chi connectivity index (χ1v) is 16.1. The number of rotatable bonds is 5. The highest BCUT2D eigenvalue weighted by Gasteiger charge is 2.19. The Morgan fingerprint density at radius 2 is 1.62 bits per heavy atom. The van der Waals surface area contributed by atoms with Gasteiger partial charge in [0.25, 0.3) is 0 Å². The van der Waals surface area contributed by atoms with E-state index in [2.05, 4.69) is 94.2 Å². The van der Waals surface area contributed by atoms with E-state index in [1.807, 2.05) is 17.5 Å². The van der Waals surface area contributed by atoms with Crippen LogP contribution in [0.5, 0.6) is 0 Å². The molecule has 0 atom stereocenters. The summed E-state index contributed by atoms with van der Waals surface area (Å²) in [6.45, 7) is 11.9. The summed E-state index contributed by atoms with van der Waals surface area (Å²) in [7, 11) is -1.35. The van der Waals surface area contributed by atoms with Gasteiger partial charge in [-0.15, -0.1) is 11.3 Å². The van der Waals surface area contributed by atoms with Gasteiger partial charge in [0.15, 0.2) is 0 Å². The zero-order chi connectivity index (χ0) is 22.5. The molecule has 0 unspecified atom stereocenters. The molecule has 3 aromatic carbocycles. The van der Waals surface area contributed by atoms with Crippen LogP contribution in [-0.2, 0) is 0 Å². The van der Waals surface area contributed by atoms with E-state index in [0.717, 1.165) is 18.5 Å². The third kappa shape index (κ3) is 3.58. The van der Waals surface area contributed by atoms with Crippen LogP contribution in [0.2, 0.25) is 19.6 Å². The molecule has 5 aromatic rings. The van der Waals surface area contributed by atoms with Gasteiger partial charge in [-0.1, -0.05) is 75.1 Å². The van der Waals surface area contributed by atoms with E-state index in [-0.39, 0.29) is 0 Å². The van der Waals surface area contributed by atoms with Crippen LogP contribution in [0.15, 0.2) is 66.9 Å². The fourth-order valence-corrected chi connectivity index (χ4v) is 7.43. The lowest BCUT2D eigenvalue weighted by atomic mass is 9.87. The number of aromatic nitrogens is 1. The Bertz CT molecular complexity index is 1440. The molecule has 0 saturated heterocycles. The molecule has 32 heavy (non-hydrogen) atoms. The highest BCUT2D eigenvalue weighted by Crippen LogP contribution is 2.41. The lowest BCUT2D eigenvalue weighted by Crippen LogP contribution is -2.37. The van der Waals surface area contributed by atoms with Gasteiger partial charge < -0.3 is 0 Å². The smallest absolute Gasteiger partial charge is 0.0880 e. The fourth-order valence-electron chi connectivity index (χ4n) is 4.92. The molecule has 0 saturated carbocycles. The molecule has 0 aliphatic rings. The first kappa shape index (κ1) is 21.4. The van der Waals surface area contributed by atoms with Crippen molar-refractivity contribution in [1.82, 2.24) is 4.98 Å². The van der Waals surface area contributed by atoms with Crippen molar-refractivity contribution < 1.29 is 0 Å². The normalized spacial score (nSPS) is 12.4. The maximum Gasteiger partial charge on any atom is 0.0880 e.